The lowest BCUT2D eigenvalue weighted by molar-refractivity contribution is -0.137. The maximum absolute atomic E-state index is 12.7. The first-order valence-corrected chi connectivity index (χ1v) is 7.69. The topological polar surface area (TPSA) is 34.9 Å². The quantitative estimate of drug-likeness (QED) is 0.611. The van der Waals surface area contributed by atoms with Gasteiger partial charge >= 0.3 is 6.18 Å². The van der Waals surface area contributed by atoms with Crippen molar-refractivity contribution in [3.05, 3.63) is 77.7 Å². The fourth-order valence-corrected chi connectivity index (χ4v) is 2.62. The van der Waals surface area contributed by atoms with E-state index in [0.717, 1.165) is 17.7 Å². The molecule has 25 heavy (non-hydrogen) atoms. The third-order valence-electron chi connectivity index (χ3n) is 3.73. The number of alkyl halides is 3. The lowest BCUT2D eigenvalue weighted by atomic mass is 10.1. The molecule has 1 aromatic heterocycles. The fraction of sp³-hybridized carbons (Fsp3) is 0.111. The van der Waals surface area contributed by atoms with Crippen molar-refractivity contribution in [2.24, 2.45) is 0 Å². The van der Waals surface area contributed by atoms with Crippen LogP contribution < -0.4 is 0 Å². The SMILES string of the molecule is O=C(Cl)c1cccc(Cn2cncc2-c2ccc(C(F)(F)F)cc2)c1. The predicted octanol–water partition coefficient (Wildman–Crippen LogP) is 5.00. The minimum atomic E-state index is -4.37. The van der Waals surface area contributed by atoms with Crippen molar-refractivity contribution in [1.82, 2.24) is 9.55 Å². The molecule has 0 aliphatic heterocycles. The summed E-state index contributed by atoms with van der Waals surface area (Å²) < 4.78 is 39.8. The Morgan fingerprint density at radius 3 is 2.48 bits per heavy atom. The van der Waals surface area contributed by atoms with Crippen LogP contribution in [0.3, 0.4) is 0 Å². The van der Waals surface area contributed by atoms with Crippen LogP contribution in [0.15, 0.2) is 61.1 Å². The normalized spacial score (nSPS) is 11.5. The Hall–Kier alpha value is -2.60. The van der Waals surface area contributed by atoms with Crippen LogP contribution in [0.2, 0.25) is 0 Å². The average Bonchev–Trinajstić information content (AvgIpc) is 3.02. The first-order chi connectivity index (χ1) is 11.8. The van der Waals surface area contributed by atoms with Gasteiger partial charge in [0, 0.05) is 12.1 Å². The highest BCUT2D eigenvalue weighted by atomic mass is 35.5. The van der Waals surface area contributed by atoms with E-state index < -0.39 is 17.0 Å². The molecule has 1 heterocycles. The number of hydrogen-bond donors (Lipinski definition) is 0. The van der Waals surface area contributed by atoms with E-state index in [0.29, 0.717) is 23.4 Å². The first kappa shape index (κ1) is 17.2. The third-order valence-corrected chi connectivity index (χ3v) is 3.95. The number of aromatic nitrogens is 2. The number of imidazole rings is 1. The summed E-state index contributed by atoms with van der Waals surface area (Å²) in [5, 5.41) is -0.546. The van der Waals surface area contributed by atoms with Gasteiger partial charge in [0.15, 0.2) is 0 Å². The number of halogens is 4. The van der Waals surface area contributed by atoms with Crippen LogP contribution in [0.25, 0.3) is 11.3 Å². The predicted molar refractivity (Wildman–Crippen MR) is 88.4 cm³/mol. The molecule has 0 aliphatic rings. The fourth-order valence-electron chi connectivity index (χ4n) is 2.51. The van der Waals surface area contributed by atoms with E-state index in [1.54, 1.807) is 35.3 Å². The Bertz CT molecular complexity index is 901. The Morgan fingerprint density at radius 2 is 1.84 bits per heavy atom. The maximum Gasteiger partial charge on any atom is 0.416 e. The van der Waals surface area contributed by atoms with Gasteiger partial charge in [0.2, 0.25) is 0 Å². The van der Waals surface area contributed by atoms with Crippen LogP contribution in [0, 0.1) is 0 Å². The van der Waals surface area contributed by atoms with Crippen LogP contribution in [-0.4, -0.2) is 14.8 Å². The number of benzene rings is 2. The van der Waals surface area contributed by atoms with Gasteiger partial charge in [0.05, 0.1) is 23.8 Å². The zero-order valence-electron chi connectivity index (χ0n) is 12.8. The summed E-state index contributed by atoms with van der Waals surface area (Å²) >= 11 is 5.49. The molecule has 0 spiro atoms. The van der Waals surface area contributed by atoms with Crippen LogP contribution in [-0.2, 0) is 12.7 Å². The molecule has 3 aromatic rings. The molecule has 0 N–H and O–H groups in total. The van der Waals surface area contributed by atoms with Gasteiger partial charge in [-0.25, -0.2) is 4.98 Å². The molecule has 0 unspecified atom stereocenters. The van der Waals surface area contributed by atoms with Gasteiger partial charge in [-0.05, 0) is 40.9 Å². The van der Waals surface area contributed by atoms with E-state index in [-0.39, 0.29) is 0 Å². The minimum Gasteiger partial charge on any atom is -0.326 e. The first-order valence-electron chi connectivity index (χ1n) is 7.31. The largest absolute Gasteiger partial charge is 0.416 e. The van der Waals surface area contributed by atoms with E-state index in [1.807, 2.05) is 6.07 Å². The Morgan fingerprint density at radius 1 is 1.12 bits per heavy atom. The molecule has 2 aromatic carbocycles. The molecule has 0 radical (unpaired) electrons. The summed E-state index contributed by atoms with van der Waals surface area (Å²) in [5.74, 6) is 0. The van der Waals surface area contributed by atoms with Crippen LogP contribution in [0.1, 0.15) is 21.5 Å². The highest BCUT2D eigenvalue weighted by Crippen LogP contribution is 2.31. The van der Waals surface area contributed by atoms with Gasteiger partial charge < -0.3 is 4.57 Å². The molecule has 3 nitrogen and oxygen atoms in total. The molecule has 7 heteroatoms. The molecule has 0 bridgehead atoms. The van der Waals surface area contributed by atoms with Crippen LogP contribution in [0.5, 0.6) is 0 Å². The highest BCUT2D eigenvalue weighted by molar-refractivity contribution is 6.67. The molecule has 3 rings (SSSR count). The monoisotopic (exact) mass is 364 g/mol. The average molecular weight is 365 g/mol. The summed E-state index contributed by atoms with van der Waals surface area (Å²) in [4.78, 5) is 15.3. The maximum atomic E-state index is 12.7. The molecular weight excluding hydrogens is 353 g/mol. The summed E-state index contributed by atoms with van der Waals surface area (Å²) in [6, 6.07) is 11.7. The standard InChI is InChI=1S/C18H12ClF3N2O/c19-17(25)14-3-1-2-12(8-14)10-24-11-23-9-16(24)13-4-6-15(7-5-13)18(20,21)22/h1-9,11H,10H2. The van der Waals surface area contributed by atoms with E-state index in [9.17, 15) is 18.0 Å². The summed E-state index contributed by atoms with van der Waals surface area (Å²) in [7, 11) is 0. The van der Waals surface area contributed by atoms with E-state index in [4.69, 9.17) is 11.6 Å². The number of nitrogens with zero attached hydrogens (tertiary/aromatic N) is 2. The molecule has 0 atom stereocenters. The van der Waals surface area contributed by atoms with Crippen molar-refractivity contribution in [1.29, 1.82) is 0 Å². The molecule has 0 amide bonds. The van der Waals surface area contributed by atoms with Crippen molar-refractivity contribution >= 4 is 16.8 Å². The molecular formula is C18H12ClF3N2O. The van der Waals surface area contributed by atoms with Crippen molar-refractivity contribution in [3.8, 4) is 11.3 Å². The van der Waals surface area contributed by atoms with Crippen LogP contribution >= 0.6 is 11.6 Å². The van der Waals surface area contributed by atoms with Gasteiger partial charge in [0.1, 0.15) is 0 Å². The third kappa shape index (κ3) is 3.91. The van der Waals surface area contributed by atoms with Crippen LogP contribution in [0.4, 0.5) is 13.2 Å². The number of hydrogen-bond acceptors (Lipinski definition) is 2. The van der Waals surface area contributed by atoms with E-state index >= 15 is 0 Å². The van der Waals surface area contributed by atoms with Gasteiger partial charge in [-0.15, -0.1) is 0 Å². The summed E-state index contributed by atoms with van der Waals surface area (Å²) in [6.45, 7) is 0.411. The van der Waals surface area contributed by atoms with Gasteiger partial charge in [-0.1, -0.05) is 30.3 Å². The van der Waals surface area contributed by atoms with E-state index in [1.165, 1.54) is 12.1 Å². The van der Waals surface area contributed by atoms with Crippen molar-refractivity contribution < 1.29 is 18.0 Å². The van der Waals surface area contributed by atoms with E-state index in [2.05, 4.69) is 4.98 Å². The number of carbonyl (C=O) groups is 1. The molecule has 0 fully saturated rings. The molecule has 0 saturated carbocycles. The minimum absolute atomic E-state index is 0.385. The Balaban J connectivity index is 1.88. The zero-order valence-corrected chi connectivity index (χ0v) is 13.6. The lowest BCUT2D eigenvalue weighted by Crippen LogP contribution is -2.05. The van der Waals surface area contributed by atoms with Gasteiger partial charge in [-0.3, -0.25) is 4.79 Å². The molecule has 0 aliphatic carbocycles. The van der Waals surface area contributed by atoms with Crippen molar-refractivity contribution in [2.75, 3.05) is 0 Å². The summed E-state index contributed by atoms with van der Waals surface area (Å²) in [5.41, 5.74) is 1.81. The number of carbonyl (C=O) groups excluding carboxylic acids is 1. The van der Waals surface area contributed by atoms with Gasteiger partial charge in [-0.2, -0.15) is 13.2 Å². The second-order valence-electron chi connectivity index (χ2n) is 5.46. The molecule has 128 valence electrons. The van der Waals surface area contributed by atoms with Gasteiger partial charge in [0.25, 0.3) is 5.24 Å². The molecule has 0 saturated heterocycles. The highest BCUT2D eigenvalue weighted by Gasteiger charge is 2.30. The smallest absolute Gasteiger partial charge is 0.326 e. The lowest BCUT2D eigenvalue weighted by Gasteiger charge is -2.11. The van der Waals surface area contributed by atoms with Crippen molar-refractivity contribution in [3.63, 3.8) is 0 Å². The second-order valence-corrected chi connectivity index (χ2v) is 5.80. The second kappa shape index (κ2) is 6.72. The Kier molecular flexibility index (Phi) is 4.63. The van der Waals surface area contributed by atoms with Crippen molar-refractivity contribution in [2.45, 2.75) is 12.7 Å². The Labute approximate surface area is 146 Å². The number of rotatable bonds is 4. The summed E-state index contributed by atoms with van der Waals surface area (Å²) in [6.07, 6.45) is -1.20. The zero-order chi connectivity index (χ0) is 18.0.